The summed E-state index contributed by atoms with van der Waals surface area (Å²) < 4.78 is 20.2. The zero-order chi connectivity index (χ0) is 26.0. The van der Waals surface area contributed by atoms with Crippen molar-refractivity contribution < 1.29 is 23.5 Å². The standard InChI is InChI=1S/C25H31FN6O4/c1-25(2,3)22(34)30-8-10-31(11-9-30)23-28-13-16(14-29-23)19-6-4-17(12-20(19)26)32-15-18(36-24(32)35)5-7-21(27)33/h4,6,12-14,18H,5,7-11,15H2,1-3H3,(H2,27,33). The third-order valence-corrected chi connectivity index (χ3v) is 6.29. The lowest BCUT2D eigenvalue weighted by molar-refractivity contribution is -0.139. The van der Waals surface area contributed by atoms with Crippen LogP contribution in [-0.4, -0.2) is 71.6 Å². The Morgan fingerprint density at radius 3 is 2.39 bits per heavy atom. The summed E-state index contributed by atoms with van der Waals surface area (Å²) in [6.45, 7) is 8.39. The molecule has 1 aromatic carbocycles. The van der Waals surface area contributed by atoms with Crippen LogP contribution in [0.1, 0.15) is 33.6 Å². The van der Waals surface area contributed by atoms with Gasteiger partial charge in [0.05, 0.1) is 12.2 Å². The van der Waals surface area contributed by atoms with E-state index in [0.717, 1.165) is 0 Å². The molecule has 2 saturated heterocycles. The molecule has 2 fully saturated rings. The molecule has 1 atom stereocenters. The number of anilines is 2. The van der Waals surface area contributed by atoms with Crippen LogP contribution in [0.3, 0.4) is 0 Å². The maximum Gasteiger partial charge on any atom is 0.414 e. The van der Waals surface area contributed by atoms with E-state index < -0.39 is 29.3 Å². The van der Waals surface area contributed by atoms with E-state index in [1.165, 1.54) is 11.0 Å². The van der Waals surface area contributed by atoms with Gasteiger partial charge in [-0.15, -0.1) is 0 Å². The minimum atomic E-state index is -0.589. The number of halogens is 1. The number of carbonyl (C=O) groups is 3. The molecule has 2 aliphatic rings. The number of cyclic esters (lactones) is 1. The Kier molecular flexibility index (Phi) is 7.09. The Morgan fingerprint density at radius 1 is 1.14 bits per heavy atom. The predicted octanol–water partition coefficient (Wildman–Crippen LogP) is 2.57. The maximum atomic E-state index is 15.0. The van der Waals surface area contributed by atoms with Crippen LogP contribution in [0, 0.1) is 11.2 Å². The SMILES string of the molecule is CC(C)(C)C(=O)N1CCN(c2ncc(-c3ccc(N4CC(CCC(N)=O)OC4=O)cc3F)cn2)CC1. The molecule has 0 bridgehead atoms. The van der Waals surface area contributed by atoms with Gasteiger partial charge in [-0.25, -0.2) is 19.2 Å². The van der Waals surface area contributed by atoms with E-state index >= 15 is 0 Å². The summed E-state index contributed by atoms with van der Waals surface area (Å²) in [7, 11) is 0. The Morgan fingerprint density at radius 2 is 1.81 bits per heavy atom. The highest BCUT2D eigenvalue weighted by molar-refractivity contribution is 5.90. The second-order valence-electron chi connectivity index (χ2n) is 10.1. The average molecular weight is 499 g/mol. The van der Waals surface area contributed by atoms with Crippen LogP contribution in [0.2, 0.25) is 0 Å². The van der Waals surface area contributed by atoms with Crippen LogP contribution in [0.5, 0.6) is 0 Å². The molecule has 2 N–H and O–H groups in total. The number of hydrogen-bond acceptors (Lipinski definition) is 7. The molecule has 4 rings (SSSR count). The second kappa shape index (κ2) is 10.1. The van der Waals surface area contributed by atoms with E-state index in [-0.39, 0.29) is 18.9 Å². The molecule has 3 heterocycles. The summed E-state index contributed by atoms with van der Waals surface area (Å²) in [6.07, 6.45) is 2.51. The van der Waals surface area contributed by atoms with Gasteiger partial charge in [0.1, 0.15) is 11.9 Å². The van der Waals surface area contributed by atoms with Gasteiger partial charge in [-0.3, -0.25) is 14.5 Å². The molecule has 0 saturated carbocycles. The molecule has 11 heteroatoms. The molecule has 0 spiro atoms. The van der Waals surface area contributed by atoms with Crippen molar-refractivity contribution in [1.82, 2.24) is 14.9 Å². The monoisotopic (exact) mass is 498 g/mol. The van der Waals surface area contributed by atoms with E-state index in [0.29, 0.717) is 55.4 Å². The number of aromatic nitrogens is 2. The summed E-state index contributed by atoms with van der Waals surface area (Å²) >= 11 is 0. The van der Waals surface area contributed by atoms with Crippen molar-refractivity contribution in [3.05, 3.63) is 36.4 Å². The number of nitrogens with zero attached hydrogens (tertiary/aromatic N) is 5. The van der Waals surface area contributed by atoms with E-state index in [2.05, 4.69) is 9.97 Å². The van der Waals surface area contributed by atoms with Gasteiger partial charge in [-0.2, -0.15) is 0 Å². The number of benzene rings is 1. The third-order valence-electron chi connectivity index (χ3n) is 6.29. The molecular weight excluding hydrogens is 467 g/mol. The Balaban J connectivity index is 1.40. The molecule has 3 amide bonds. The van der Waals surface area contributed by atoms with Gasteiger partial charge in [-0.05, 0) is 24.6 Å². The van der Waals surface area contributed by atoms with Crippen LogP contribution in [-0.2, 0) is 14.3 Å². The summed E-state index contributed by atoms with van der Waals surface area (Å²) in [6, 6.07) is 4.48. The molecule has 10 nitrogen and oxygen atoms in total. The maximum absolute atomic E-state index is 15.0. The van der Waals surface area contributed by atoms with Crippen LogP contribution in [0.15, 0.2) is 30.6 Å². The molecule has 2 aliphatic heterocycles. The van der Waals surface area contributed by atoms with Gasteiger partial charge in [0.15, 0.2) is 0 Å². The highest BCUT2D eigenvalue weighted by Gasteiger charge is 2.33. The Labute approximate surface area is 209 Å². The van der Waals surface area contributed by atoms with E-state index in [1.807, 2.05) is 30.6 Å². The quantitative estimate of drug-likeness (QED) is 0.650. The zero-order valence-electron chi connectivity index (χ0n) is 20.7. The van der Waals surface area contributed by atoms with Gasteiger partial charge in [0.2, 0.25) is 17.8 Å². The molecule has 0 aliphatic carbocycles. The fourth-order valence-corrected chi connectivity index (χ4v) is 4.30. The summed E-state index contributed by atoms with van der Waals surface area (Å²) in [5, 5.41) is 0. The smallest absolute Gasteiger partial charge is 0.414 e. The van der Waals surface area contributed by atoms with E-state index in [9.17, 15) is 18.8 Å². The fraction of sp³-hybridized carbons (Fsp3) is 0.480. The number of amides is 3. The summed E-state index contributed by atoms with van der Waals surface area (Å²) in [5.74, 6) is -0.335. The van der Waals surface area contributed by atoms with Gasteiger partial charge in [0.25, 0.3) is 0 Å². The van der Waals surface area contributed by atoms with Gasteiger partial charge >= 0.3 is 6.09 Å². The third kappa shape index (κ3) is 5.55. The van der Waals surface area contributed by atoms with Crippen molar-refractivity contribution in [1.29, 1.82) is 0 Å². The first-order chi connectivity index (χ1) is 17.0. The first kappa shape index (κ1) is 25.3. The molecule has 1 unspecified atom stereocenters. The number of ether oxygens (including phenoxy) is 1. The highest BCUT2D eigenvalue weighted by Crippen LogP contribution is 2.30. The minimum absolute atomic E-state index is 0.111. The van der Waals surface area contributed by atoms with Crippen LogP contribution in [0.4, 0.5) is 20.8 Å². The number of nitrogens with two attached hydrogens (primary N) is 1. The number of rotatable bonds is 6. The summed E-state index contributed by atoms with van der Waals surface area (Å²) in [5.41, 5.74) is 5.92. The highest BCUT2D eigenvalue weighted by atomic mass is 19.1. The first-order valence-electron chi connectivity index (χ1n) is 12.0. The average Bonchev–Trinajstić information content (AvgIpc) is 3.22. The van der Waals surface area contributed by atoms with Crippen LogP contribution in [0.25, 0.3) is 11.1 Å². The second-order valence-corrected chi connectivity index (χ2v) is 10.1. The molecule has 192 valence electrons. The van der Waals surface area contributed by atoms with Crippen molar-refractivity contribution in [2.75, 3.05) is 42.5 Å². The van der Waals surface area contributed by atoms with Crippen molar-refractivity contribution in [3.63, 3.8) is 0 Å². The van der Waals surface area contributed by atoms with Crippen LogP contribution < -0.4 is 15.5 Å². The molecular formula is C25H31FN6O4. The number of hydrogen-bond donors (Lipinski definition) is 1. The fourth-order valence-electron chi connectivity index (χ4n) is 4.30. The van der Waals surface area contributed by atoms with Crippen LogP contribution >= 0.6 is 0 Å². The number of carbonyl (C=O) groups excluding carboxylic acids is 3. The predicted molar refractivity (Wildman–Crippen MR) is 132 cm³/mol. The molecule has 0 radical (unpaired) electrons. The van der Waals surface area contributed by atoms with E-state index in [1.54, 1.807) is 24.5 Å². The number of primary amides is 1. The lowest BCUT2D eigenvalue weighted by Crippen LogP contribution is -2.52. The first-order valence-corrected chi connectivity index (χ1v) is 12.0. The number of piperazine rings is 1. The lowest BCUT2D eigenvalue weighted by atomic mass is 9.94. The molecule has 1 aromatic heterocycles. The Hall–Kier alpha value is -3.76. The largest absolute Gasteiger partial charge is 0.444 e. The van der Waals surface area contributed by atoms with Crippen molar-refractivity contribution in [2.45, 2.75) is 39.7 Å². The van der Waals surface area contributed by atoms with E-state index in [4.69, 9.17) is 10.5 Å². The minimum Gasteiger partial charge on any atom is -0.444 e. The molecule has 2 aromatic rings. The summed E-state index contributed by atoms with van der Waals surface area (Å²) in [4.78, 5) is 49.7. The normalized spacial score (nSPS) is 18.4. The van der Waals surface area contributed by atoms with Gasteiger partial charge < -0.3 is 20.3 Å². The zero-order valence-corrected chi connectivity index (χ0v) is 20.7. The van der Waals surface area contributed by atoms with Gasteiger partial charge in [-0.1, -0.05) is 20.8 Å². The topological polar surface area (TPSA) is 122 Å². The van der Waals surface area contributed by atoms with Crippen molar-refractivity contribution in [2.24, 2.45) is 11.1 Å². The van der Waals surface area contributed by atoms with Gasteiger partial charge in [0, 0.05) is 61.5 Å². The Bertz CT molecular complexity index is 1140. The van der Waals surface area contributed by atoms with Crippen molar-refractivity contribution >= 4 is 29.5 Å². The molecule has 36 heavy (non-hydrogen) atoms. The lowest BCUT2D eigenvalue weighted by Gasteiger charge is -2.37. The van der Waals surface area contributed by atoms with Crippen molar-refractivity contribution in [3.8, 4) is 11.1 Å².